The number of para-hydroxylation sites is 1. The van der Waals surface area contributed by atoms with E-state index in [0.717, 1.165) is 5.56 Å². The average Bonchev–Trinajstić information content (AvgIpc) is 2.99. The van der Waals surface area contributed by atoms with Gasteiger partial charge >= 0.3 is 6.09 Å². The van der Waals surface area contributed by atoms with Crippen molar-refractivity contribution < 1.29 is 19.1 Å². The fraction of sp³-hybridized carbons (Fsp3) is 0.105. The molecule has 0 bridgehead atoms. The predicted molar refractivity (Wildman–Crippen MR) is 108 cm³/mol. The van der Waals surface area contributed by atoms with Crippen molar-refractivity contribution in [3.05, 3.63) is 59.0 Å². The Morgan fingerprint density at radius 1 is 1.26 bits per heavy atom. The lowest BCUT2D eigenvalue weighted by Gasteiger charge is -2.29. The first-order valence-corrected chi connectivity index (χ1v) is 9.39. The van der Waals surface area contributed by atoms with Crippen LogP contribution in [0.4, 0.5) is 10.5 Å². The summed E-state index contributed by atoms with van der Waals surface area (Å²) in [6.07, 6.45) is 1.25. The molecule has 0 aromatic heterocycles. The first-order chi connectivity index (χ1) is 13.1. The Labute approximate surface area is 165 Å². The van der Waals surface area contributed by atoms with Crippen molar-refractivity contribution in [2.24, 2.45) is 0 Å². The molecule has 2 aromatic rings. The van der Waals surface area contributed by atoms with Crippen LogP contribution in [0.5, 0.6) is 11.5 Å². The number of benzene rings is 2. The lowest BCUT2D eigenvalue weighted by atomic mass is 10.1. The van der Waals surface area contributed by atoms with Crippen molar-refractivity contribution >= 4 is 52.1 Å². The van der Waals surface area contributed by atoms with Gasteiger partial charge in [-0.05, 0) is 35.9 Å². The molecular formula is C19H14N2O4S2. The number of thiocarbonyl (C=S) groups is 1. The Morgan fingerprint density at radius 2 is 2.07 bits per heavy atom. The summed E-state index contributed by atoms with van der Waals surface area (Å²) in [5.74, 6) is 0.841. The van der Waals surface area contributed by atoms with Gasteiger partial charge in [-0.15, -0.1) is 0 Å². The third-order valence-electron chi connectivity index (χ3n) is 3.95. The van der Waals surface area contributed by atoms with Gasteiger partial charge in [0.15, 0.2) is 0 Å². The number of carbonyl (C=O) groups excluding carboxylic acids is 2. The third kappa shape index (κ3) is 3.81. The Balaban J connectivity index is 1.61. The number of nitrogens with zero attached hydrogens (tertiary/aromatic N) is 1. The van der Waals surface area contributed by atoms with Gasteiger partial charge in [-0.3, -0.25) is 9.69 Å². The zero-order valence-electron chi connectivity index (χ0n) is 14.0. The largest absolute Gasteiger partial charge is 0.490 e. The van der Waals surface area contributed by atoms with Gasteiger partial charge in [-0.25, -0.2) is 4.79 Å². The third-order valence-corrected chi connectivity index (χ3v) is 5.12. The van der Waals surface area contributed by atoms with E-state index in [9.17, 15) is 9.59 Å². The van der Waals surface area contributed by atoms with Gasteiger partial charge in [0.05, 0.1) is 17.1 Å². The van der Waals surface area contributed by atoms with Crippen LogP contribution >= 0.6 is 24.0 Å². The second-order valence-corrected chi connectivity index (χ2v) is 7.48. The summed E-state index contributed by atoms with van der Waals surface area (Å²) in [5.41, 5.74) is 1.36. The van der Waals surface area contributed by atoms with Crippen molar-refractivity contribution in [1.29, 1.82) is 0 Å². The number of carbonyl (C=O) groups is 2. The highest BCUT2D eigenvalue weighted by Gasteiger charge is 2.26. The summed E-state index contributed by atoms with van der Waals surface area (Å²) >= 11 is 6.21. The Morgan fingerprint density at radius 3 is 2.81 bits per heavy atom. The number of hydrogen-bond acceptors (Lipinski definition) is 6. The lowest BCUT2D eigenvalue weighted by Crippen LogP contribution is -2.39. The molecule has 8 heteroatoms. The van der Waals surface area contributed by atoms with Crippen LogP contribution < -0.4 is 19.7 Å². The molecule has 2 heterocycles. The minimum atomic E-state index is -0.482. The molecule has 2 aliphatic heterocycles. The zero-order chi connectivity index (χ0) is 18.8. The van der Waals surface area contributed by atoms with E-state index in [1.165, 1.54) is 16.7 Å². The summed E-state index contributed by atoms with van der Waals surface area (Å²) in [7, 11) is 0. The summed E-state index contributed by atoms with van der Waals surface area (Å²) < 4.78 is 11.5. The van der Waals surface area contributed by atoms with Gasteiger partial charge in [-0.1, -0.05) is 48.2 Å². The van der Waals surface area contributed by atoms with Gasteiger partial charge in [0.1, 0.15) is 22.4 Å². The SMILES string of the molecule is O=C1NC(=S)S/C1=C/c1ccc2c(c1)N(C(=O)Oc1ccccc1)CCO2. The monoisotopic (exact) mass is 398 g/mol. The van der Waals surface area contributed by atoms with E-state index in [-0.39, 0.29) is 5.91 Å². The van der Waals surface area contributed by atoms with Crippen LogP contribution in [-0.4, -0.2) is 29.5 Å². The highest BCUT2D eigenvalue weighted by Crippen LogP contribution is 2.35. The maximum atomic E-state index is 12.6. The number of ether oxygens (including phenoxy) is 2. The smallest absolute Gasteiger partial charge is 0.419 e. The number of anilines is 1. The van der Waals surface area contributed by atoms with Crippen LogP contribution in [0.15, 0.2) is 53.4 Å². The quantitative estimate of drug-likeness (QED) is 0.616. The topological polar surface area (TPSA) is 67.9 Å². The van der Waals surface area contributed by atoms with Gasteiger partial charge in [0, 0.05) is 0 Å². The number of nitrogens with one attached hydrogen (secondary N) is 1. The number of amides is 2. The second kappa shape index (κ2) is 7.42. The van der Waals surface area contributed by atoms with Crippen LogP contribution in [-0.2, 0) is 4.79 Å². The van der Waals surface area contributed by atoms with Crippen molar-refractivity contribution in [1.82, 2.24) is 5.32 Å². The van der Waals surface area contributed by atoms with Crippen LogP contribution in [0.2, 0.25) is 0 Å². The molecule has 6 nitrogen and oxygen atoms in total. The number of rotatable bonds is 2. The molecule has 1 saturated heterocycles. The van der Waals surface area contributed by atoms with Crippen molar-refractivity contribution in [2.75, 3.05) is 18.1 Å². The molecular weight excluding hydrogens is 384 g/mol. The first kappa shape index (κ1) is 17.6. The summed E-state index contributed by atoms with van der Waals surface area (Å²) in [6.45, 7) is 0.752. The number of fused-ring (bicyclic) bond motifs is 1. The molecule has 2 aliphatic rings. The summed E-state index contributed by atoms with van der Waals surface area (Å²) in [5, 5.41) is 2.58. The molecule has 0 saturated carbocycles. The minimum absolute atomic E-state index is 0.223. The van der Waals surface area contributed by atoms with Crippen LogP contribution in [0.25, 0.3) is 6.08 Å². The van der Waals surface area contributed by atoms with E-state index in [1.54, 1.807) is 42.5 Å². The Bertz CT molecular complexity index is 959. The minimum Gasteiger partial charge on any atom is -0.490 e. The molecule has 2 amide bonds. The van der Waals surface area contributed by atoms with Crippen LogP contribution in [0, 0.1) is 0 Å². The fourth-order valence-corrected chi connectivity index (χ4v) is 3.78. The van der Waals surface area contributed by atoms with Gasteiger partial charge in [0.25, 0.3) is 5.91 Å². The highest BCUT2D eigenvalue weighted by molar-refractivity contribution is 8.26. The van der Waals surface area contributed by atoms with E-state index in [4.69, 9.17) is 21.7 Å². The summed E-state index contributed by atoms with van der Waals surface area (Å²) in [4.78, 5) is 26.5. The van der Waals surface area contributed by atoms with Crippen molar-refractivity contribution in [3.8, 4) is 11.5 Å². The molecule has 4 rings (SSSR count). The predicted octanol–water partition coefficient (Wildman–Crippen LogP) is 3.57. The first-order valence-electron chi connectivity index (χ1n) is 8.16. The number of hydrogen-bond donors (Lipinski definition) is 1. The molecule has 0 aliphatic carbocycles. The maximum absolute atomic E-state index is 12.6. The molecule has 136 valence electrons. The van der Waals surface area contributed by atoms with E-state index in [1.807, 2.05) is 12.1 Å². The molecule has 0 spiro atoms. The van der Waals surface area contributed by atoms with E-state index >= 15 is 0 Å². The number of thioether (sulfide) groups is 1. The second-order valence-electron chi connectivity index (χ2n) is 5.76. The molecule has 0 atom stereocenters. The van der Waals surface area contributed by atoms with Gasteiger partial charge < -0.3 is 14.8 Å². The van der Waals surface area contributed by atoms with E-state index in [0.29, 0.717) is 39.6 Å². The summed E-state index contributed by atoms with van der Waals surface area (Å²) in [6, 6.07) is 14.3. The average molecular weight is 398 g/mol. The Hall–Kier alpha value is -2.84. The van der Waals surface area contributed by atoms with Crippen molar-refractivity contribution in [2.45, 2.75) is 0 Å². The van der Waals surface area contributed by atoms with Gasteiger partial charge in [0.2, 0.25) is 0 Å². The zero-order valence-corrected chi connectivity index (χ0v) is 15.6. The maximum Gasteiger partial charge on any atom is 0.419 e. The van der Waals surface area contributed by atoms with Gasteiger partial charge in [-0.2, -0.15) is 0 Å². The normalized spacial score (nSPS) is 17.3. The van der Waals surface area contributed by atoms with Crippen LogP contribution in [0.1, 0.15) is 5.56 Å². The lowest BCUT2D eigenvalue weighted by molar-refractivity contribution is -0.115. The molecule has 1 N–H and O–H groups in total. The Kier molecular flexibility index (Phi) is 4.83. The molecule has 2 aromatic carbocycles. The standard InChI is InChI=1S/C19H14N2O4S2/c22-17-16(27-18(26)20-17)11-12-6-7-15-14(10-12)21(8-9-24-15)19(23)25-13-4-2-1-3-5-13/h1-7,10-11H,8-9H2,(H,20,22,26)/b16-11+. The van der Waals surface area contributed by atoms with Crippen LogP contribution in [0.3, 0.4) is 0 Å². The van der Waals surface area contributed by atoms with Crippen molar-refractivity contribution in [3.63, 3.8) is 0 Å². The molecule has 0 unspecified atom stereocenters. The molecule has 0 radical (unpaired) electrons. The van der Waals surface area contributed by atoms with E-state index < -0.39 is 6.09 Å². The highest BCUT2D eigenvalue weighted by atomic mass is 32.2. The fourth-order valence-electron chi connectivity index (χ4n) is 2.73. The molecule has 1 fully saturated rings. The molecule has 27 heavy (non-hydrogen) atoms. The van der Waals surface area contributed by atoms with E-state index in [2.05, 4.69) is 5.32 Å².